The molecule has 0 aliphatic carbocycles. The average Bonchev–Trinajstić information content (AvgIpc) is 3.00. The van der Waals surface area contributed by atoms with Crippen LogP contribution in [0.1, 0.15) is 11.3 Å². The van der Waals surface area contributed by atoms with Crippen molar-refractivity contribution in [2.45, 2.75) is 6.61 Å². The highest BCUT2D eigenvalue weighted by Gasteiger charge is 2.06. The van der Waals surface area contributed by atoms with E-state index in [4.69, 9.17) is 10.1 Å². The monoisotopic (exact) mass is 322 g/mol. The molecule has 0 saturated carbocycles. The zero-order valence-corrected chi connectivity index (χ0v) is 12.8. The van der Waals surface area contributed by atoms with Gasteiger partial charge in [-0.05, 0) is 23.8 Å². The minimum Gasteiger partial charge on any atom is -0.487 e. The molecular formula is C18H15FN4O. The highest BCUT2D eigenvalue weighted by atomic mass is 19.1. The van der Waals surface area contributed by atoms with Gasteiger partial charge in [-0.2, -0.15) is 0 Å². The van der Waals surface area contributed by atoms with Gasteiger partial charge in [-0.3, -0.25) is 4.40 Å². The molecule has 0 atom stereocenters. The molecule has 0 fully saturated rings. The van der Waals surface area contributed by atoms with Crippen molar-refractivity contribution < 1.29 is 9.13 Å². The van der Waals surface area contributed by atoms with E-state index in [-0.39, 0.29) is 12.4 Å². The number of ether oxygens (including phenoxy) is 1. The molecule has 24 heavy (non-hydrogen) atoms. The minimum atomic E-state index is -0.344. The van der Waals surface area contributed by atoms with Gasteiger partial charge in [0.15, 0.2) is 0 Å². The molecule has 5 nitrogen and oxygen atoms in total. The van der Waals surface area contributed by atoms with E-state index in [0.717, 1.165) is 11.1 Å². The normalized spacial score (nSPS) is 11.5. The highest BCUT2D eigenvalue weighted by Crippen LogP contribution is 2.16. The van der Waals surface area contributed by atoms with Gasteiger partial charge in [0, 0.05) is 36.4 Å². The van der Waals surface area contributed by atoms with Gasteiger partial charge in [0.2, 0.25) is 5.78 Å². The van der Waals surface area contributed by atoms with Gasteiger partial charge in [0.25, 0.3) is 0 Å². The molecule has 0 bridgehead atoms. The average molecular weight is 322 g/mol. The number of rotatable bonds is 6. The van der Waals surface area contributed by atoms with Crippen LogP contribution in [0.4, 0.5) is 4.39 Å². The summed E-state index contributed by atoms with van der Waals surface area (Å²) in [4.78, 5) is 8.66. The second-order valence-corrected chi connectivity index (χ2v) is 5.02. The summed E-state index contributed by atoms with van der Waals surface area (Å²) in [7, 11) is 0. The Hall–Kier alpha value is -3.28. The number of imidazole rings is 1. The van der Waals surface area contributed by atoms with Crippen molar-refractivity contribution >= 4 is 17.6 Å². The van der Waals surface area contributed by atoms with Crippen LogP contribution < -0.4 is 4.74 Å². The van der Waals surface area contributed by atoms with Crippen LogP contribution >= 0.6 is 0 Å². The van der Waals surface area contributed by atoms with E-state index < -0.39 is 0 Å². The molecule has 3 rings (SSSR count). The van der Waals surface area contributed by atoms with Crippen molar-refractivity contribution in [1.82, 2.24) is 14.4 Å². The maximum absolute atomic E-state index is 13.1. The summed E-state index contributed by atoms with van der Waals surface area (Å²) in [5, 5.41) is 7.17. The molecule has 6 heteroatoms. The number of aromatic nitrogens is 3. The molecule has 0 amide bonds. The fourth-order valence-electron chi connectivity index (χ4n) is 2.24. The Bertz CT molecular complexity index is 930. The van der Waals surface area contributed by atoms with Crippen molar-refractivity contribution in [3.05, 3.63) is 78.7 Å². The molecule has 0 unspecified atom stereocenters. The number of allylic oxidation sites excluding steroid dienone is 3. The van der Waals surface area contributed by atoms with E-state index in [0.29, 0.717) is 17.2 Å². The molecule has 0 spiro atoms. The van der Waals surface area contributed by atoms with Crippen LogP contribution in [-0.2, 0) is 6.61 Å². The Labute approximate surface area is 138 Å². The summed E-state index contributed by atoms with van der Waals surface area (Å²) < 4.78 is 20.5. The molecule has 1 aromatic carbocycles. The van der Waals surface area contributed by atoms with Crippen LogP contribution in [0.5, 0.6) is 5.75 Å². The third-order valence-corrected chi connectivity index (χ3v) is 3.36. The van der Waals surface area contributed by atoms with Gasteiger partial charge >= 0.3 is 0 Å². The molecular weight excluding hydrogens is 307 g/mol. The molecule has 0 radical (unpaired) electrons. The lowest BCUT2D eigenvalue weighted by atomic mass is 10.1. The van der Waals surface area contributed by atoms with Crippen LogP contribution in [0.3, 0.4) is 0 Å². The summed E-state index contributed by atoms with van der Waals surface area (Å²) >= 11 is 0. The Morgan fingerprint density at radius 3 is 3.00 bits per heavy atom. The Morgan fingerprint density at radius 2 is 2.25 bits per heavy atom. The first-order valence-electron chi connectivity index (χ1n) is 7.25. The van der Waals surface area contributed by atoms with Gasteiger partial charge in [-0.25, -0.2) is 14.4 Å². The van der Waals surface area contributed by atoms with E-state index in [2.05, 4.69) is 16.5 Å². The van der Waals surface area contributed by atoms with Gasteiger partial charge in [0.05, 0.1) is 5.69 Å². The van der Waals surface area contributed by atoms with Crippen LogP contribution in [-0.4, -0.2) is 20.6 Å². The third-order valence-electron chi connectivity index (χ3n) is 3.36. The SMILES string of the molecule is C=C/C(=C\C=N)c1cnc2nc(COc3cccc(F)c3)cn2c1. The smallest absolute Gasteiger partial charge is 0.234 e. The number of hydrogen-bond donors (Lipinski definition) is 1. The molecule has 0 aliphatic rings. The fraction of sp³-hybridized carbons (Fsp3) is 0.0556. The third kappa shape index (κ3) is 3.38. The van der Waals surface area contributed by atoms with Gasteiger partial charge in [-0.1, -0.05) is 18.7 Å². The van der Waals surface area contributed by atoms with Crippen LogP contribution in [0.2, 0.25) is 0 Å². The standard InChI is InChI=1S/C18H15FN4O/c1-2-13(6-7-20)14-9-21-18-22-16(11-23(18)10-14)12-24-17-5-3-4-15(19)8-17/h2-11,20H,1,12H2/b13-6+,20-7?. The summed E-state index contributed by atoms with van der Waals surface area (Å²) in [5.74, 6) is 0.641. The van der Waals surface area contributed by atoms with Crippen molar-refractivity contribution in [2.75, 3.05) is 0 Å². The largest absolute Gasteiger partial charge is 0.487 e. The highest BCUT2D eigenvalue weighted by molar-refractivity contribution is 5.86. The minimum absolute atomic E-state index is 0.215. The molecule has 0 aliphatic heterocycles. The number of halogens is 1. The maximum atomic E-state index is 13.1. The number of benzene rings is 1. The van der Waals surface area contributed by atoms with Crippen molar-refractivity contribution in [3.63, 3.8) is 0 Å². The van der Waals surface area contributed by atoms with Gasteiger partial charge in [0.1, 0.15) is 18.2 Å². The summed E-state index contributed by atoms with van der Waals surface area (Å²) in [6.07, 6.45) is 9.84. The van der Waals surface area contributed by atoms with Crippen LogP contribution in [0.25, 0.3) is 11.4 Å². The van der Waals surface area contributed by atoms with Crippen molar-refractivity contribution in [1.29, 1.82) is 5.41 Å². The van der Waals surface area contributed by atoms with Crippen LogP contribution in [0.15, 0.2) is 61.6 Å². The second-order valence-electron chi connectivity index (χ2n) is 5.02. The Morgan fingerprint density at radius 1 is 1.38 bits per heavy atom. The first-order valence-corrected chi connectivity index (χ1v) is 7.25. The zero-order valence-electron chi connectivity index (χ0n) is 12.8. The number of nitrogens with zero attached hydrogens (tertiary/aromatic N) is 3. The molecule has 1 N–H and O–H groups in total. The number of fused-ring (bicyclic) bond motifs is 1. The van der Waals surface area contributed by atoms with E-state index in [1.165, 1.54) is 18.3 Å². The molecule has 0 saturated heterocycles. The molecule has 2 aromatic heterocycles. The fourth-order valence-corrected chi connectivity index (χ4v) is 2.24. The second kappa shape index (κ2) is 6.87. The van der Waals surface area contributed by atoms with Crippen molar-refractivity contribution in [3.8, 4) is 5.75 Å². The predicted molar refractivity (Wildman–Crippen MR) is 90.7 cm³/mol. The maximum Gasteiger partial charge on any atom is 0.234 e. The Kier molecular flexibility index (Phi) is 4.47. The van der Waals surface area contributed by atoms with Gasteiger partial charge in [-0.15, -0.1) is 0 Å². The quantitative estimate of drug-likeness (QED) is 0.556. The molecule has 3 aromatic rings. The lowest BCUT2D eigenvalue weighted by Crippen LogP contribution is -1.95. The predicted octanol–water partition coefficient (Wildman–Crippen LogP) is 3.67. The molecule has 2 heterocycles. The van der Waals surface area contributed by atoms with Crippen molar-refractivity contribution in [2.24, 2.45) is 0 Å². The zero-order chi connectivity index (χ0) is 16.9. The first-order chi connectivity index (χ1) is 11.7. The number of nitrogens with one attached hydrogen (secondary N) is 1. The van der Waals surface area contributed by atoms with E-state index in [9.17, 15) is 4.39 Å². The van der Waals surface area contributed by atoms with Gasteiger partial charge < -0.3 is 10.1 Å². The van der Waals surface area contributed by atoms with Crippen LogP contribution in [0, 0.1) is 11.2 Å². The summed E-state index contributed by atoms with van der Waals surface area (Å²) in [6, 6.07) is 5.97. The lowest BCUT2D eigenvalue weighted by molar-refractivity contribution is 0.300. The van der Waals surface area contributed by atoms with E-state index >= 15 is 0 Å². The topological polar surface area (TPSA) is 63.3 Å². The van der Waals surface area contributed by atoms with E-state index in [1.54, 1.807) is 41.1 Å². The number of hydrogen-bond acceptors (Lipinski definition) is 4. The Balaban J connectivity index is 1.82. The summed E-state index contributed by atoms with van der Waals surface area (Å²) in [5.41, 5.74) is 2.31. The first kappa shape index (κ1) is 15.6. The summed E-state index contributed by atoms with van der Waals surface area (Å²) in [6.45, 7) is 3.95. The lowest BCUT2D eigenvalue weighted by Gasteiger charge is -2.03. The molecule has 120 valence electrons. The van der Waals surface area contributed by atoms with E-state index in [1.807, 2.05) is 6.20 Å².